The molecule has 2 N–H and O–H groups in total. The van der Waals surface area contributed by atoms with Crippen molar-refractivity contribution in [3.63, 3.8) is 0 Å². The number of para-hydroxylation sites is 1. The van der Waals surface area contributed by atoms with Gasteiger partial charge in [0.1, 0.15) is 0 Å². The molecule has 2 amide bonds. The van der Waals surface area contributed by atoms with Gasteiger partial charge in [-0.2, -0.15) is 0 Å². The Kier molecular flexibility index (Phi) is 6.74. The minimum absolute atomic E-state index is 0.0401. The van der Waals surface area contributed by atoms with Gasteiger partial charge in [0, 0.05) is 44.5 Å². The summed E-state index contributed by atoms with van der Waals surface area (Å²) in [4.78, 5) is 29.1. The summed E-state index contributed by atoms with van der Waals surface area (Å²) in [6.45, 7) is 5.50. The average Bonchev–Trinajstić information content (AvgIpc) is 2.96. The molecule has 8 nitrogen and oxygen atoms in total. The molecule has 0 aliphatic carbocycles. The fourth-order valence-electron chi connectivity index (χ4n) is 4.02. The second kappa shape index (κ2) is 9.25. The summed E-state index contributed by atoms with van der Waals surface area (Å²) in [6, 6.07) is 8.78. The van der Waals surface area contributed by atoms with Gasteiger partial charge in [0.15, 0.2) is 0 Å². The number of urea groups is 1. The number of fused-ring (bicyclic) bond motifs is 1. The van der Waals surface area contributed by atoms with Crippen molar-refractivity contribution in [1.29, 1.82) is 0 Å². The van der Waals surface area contributed by atoms with Crippen LogP contribution in [0.25, 0.3) is 0 Å². The lowest BCUT2D eigenvalue weighted by atomic mass is 10.1. The molecule has 2 atom stereocenters. The molecule has 2 aliphatic heterocycles. The van der Waals surface area contributed by atoms with E-state index in [9.17, 15) is 9.59 Å². The van der Waals surface area contributed by atoms with E-state index < -0.39 is 5.97 Å². The molecule has 2 aliphatic rings. The fourth-order valence-corrected chi connectivity index (χ4v) is 4.02. The van der Waals surface area contributed by atoms with Gasteiger partial charge in [0.05, 0.1) is 19.3 Å². The number of hydrogen-bond donors (Lipinski definition) is 2. The van der Waals surface area contributed by atoms with E-state index in [0.29, 0.717) is 38.8 Å². The predicted octanol–water partition coefficient (Wildman–Crippen LogP) is 0.864. The van der Waals surface area contributed by atoms with E-state index in [1.54, 1.807) is 16.8 Å². The summed E-state index contributed by atoms with van der Waals surface area (Å²) in [5, 5.41) is 11.9. The number of carboxylic acid groups (broad SMARTS) is 1. The normalized spacial score (nSPS) is 21.7. The number of carbonyl (C=O) groups excluding carboxylic acids is 1. The first-order chi connectivity index (χ1) is 13.4. The zero-order chi connectivity index (χ0) is 20.1. The van der Waals surface area contributed by atoms with Gasteiger partial charge < -0.3 is 25.0 Å². The molecule has 2 unspecified atom stereocenters. The topological polar surface area (TPSA) is 85.4 Å². The van der Waals surface area contributed by atoms with E-state index in [4.69, 9.17) is 9.84 Å². The molecule has 0 radical (unpaired) electrons. The Morgan fingerprint density at radius 3 is 2.93 bits per heavy atom. The molecule has 0 saturated carbocycles. The molecule has 0 bridgehead atoms. The smallest absolute Gasteiger partial charge is 0.317 e. The van der Waals surface area contributed by atoms with Gasteiger partial charge in [0.25, 0.3) is 0 Å². The molecule has 0 aromatic heterocycles. The standard InChI is InChI=1S/C20H30N4O4/c1-15-11-16-5-3-4-6-18(16)24(15)8-7-21-20(27)23-9-10-28-17(13-23)12-22(2)14-19(25)26/h3-6,15,17H,7-14H2,1-2H3,(H,21,27)(H,25,26). The maximum absolute atomic E-state index is 12.5. The monoisotopic (exact) mass is 390 g/mol. The Hall–Kier alpha value is -2.32. The first-order valence-electron chi connectivity index (χ1n) is 9.83. The van der Waals surface area contributed by atoms with Gasteiger partial charge in [-0.05, 0) is 32.0 Å². The summed E-state index contributed by atoms with van der Waals surface area (Å²) < 4.78 is 5.68. The molecule has 3 rings (SSSR count). The highest BCUT2D eigenvalue weighted by Crippen LogP contribution is 2.31. The highest BCUT2D eigenvalue weighted by atomic mass is 16.5. The molecule has 1 aromatic rings. The molecule has 8 heteroatoms. The van der Waals surface area contributed by atoms with Crippen LogP contribution in [0.15, 0.2) is 24.3 Å². The molecule has 1 aromatic carbocycles. The molecule has 1 fully saturated rings. The van der Waals surface area contributed by atoms with Crippen LogP contribution in [-0.2, 0) is 16.0 Å². The van der Waals surface area contributed by atoms with Gasteiger partial charge in [0.2, 0.25) is 0 Å². The van der Waals surface area contributed by atoms with E-state index in [0.717, 1.165) is 13.0 Å². The van der Waals surface area contributed by atoms with Crippen LogP contribution >= 0.6 is 0 Å². The van der Waals surface area contributed by atoms with Crippen molar-refractivity contribution in [3.8, 4) is 0 Å². The average molecular weight is 390 g/mol. The lowest BCUT2D eigenvalue weighted by molar-refractivity contribution is -0.138. The van der Waals surface area contributed by atoms with Gasteiger partial charge in [-0.3, -0.25) is 9.69 Å². The largest absolute Gasteiger partial charge is 0.480 e. The molecule has 0 spiro atoms. The molecule has 2 heterocycles. The highest BCUT2D eigenvalue weighted by Gasteiger charge is 2.27. The maximum Gasteiger partial charge on any atom is 0.317 e. The molecular weight excluding hydrogens is 360 g/mol. The summed E-state index contributed by atoms with van der Waals surface area (Å²) >= 11 is 0. The van der Waals surface area contributed by atoms with E-state index in [-0.39, 0.29) is 18.7 Å². The van der Waals surface area contributed by atoms with Crippen molar-refractivity contribution in [3.05, 3.63) is 29.8 Å². The summed E-state index contributed by atoms with van der Waals surface area (Å²) in [5.41, 5.74) is 2.62. The number of nitrogens with one attached hydrogen (secondary N) is 1. The third kappa shape index (κ3) is 5.14. The number of anilines is 1. The summed E-state index contributed by atoms with van der Waals surface area (Å²) in [5.74, 6) is -0.870. The van der Waals surface area contributed by atoms with Crippen molar-refractivity contribution in [2.45, 2.75) is 25.5 Å². The number of hydrogen-bond acceptors (Lipinski definition) is 5. The van der Waals surface area contributed by atoms with Crippen molar-refractivity contribution in [1.82, 2.24) is 15.1 Å². The lowest BCUT2D eigenvalue weighted by Crippen LogP contribution is -2.53. The van der Waals surface area contributed by atoms with E-state index in [1.165, 1.54) is 11.3 Å². The van der Waals surface area contributed by atoms with Crippen molar-refractivity contribution in [2.75, 3.05) is 57.8 Å². The number of benzene rings is 1. The van der Waals surface area contributed by atoms with Crippen LogP contribution in [0.3, 0.4) is 0 Å². The van der Waals surface area contributed by atoms with Crippen LogP contribution < -0.4 is 10.2 Å². The zero-order valence-electron chi connectivity index (χ0n) is 16.6. The number of ether oxygens (including phenoxy) is 1. The minimum Gasteiger partial charge on any atom is -0.480 e. The van der Waals surface area contributed by atoms with E-state index >= 15 is 0 Å². The number of likely N-dealkylation sites (N-methyl/N-ethyl adjacent to an activating group) is 1. The summed E-state index contributed by atoms with van der Waals surface area (Å²) in [7, 11) is 1.74. The SMILES string of the molecule is CC1Cc2ccccc2N1CCNC(=O)N1CCOC(CN(C)CC(=O)O)C1. The van der Waals surface area contributed by atoms with E-state index in [1.807, 2.05) is 0 Å². The number of rotatable bonds is 7. The van der Waals surface area contributed by atoms with Crippen LogP contribution in [0.4, 0.5) is 10.5 Å². The Labute approximate surface area is 166 Å². The van der Waals surface area contributed by atoms with Crippen LogP contribution in [-0.4, -0.2) is 92.0 Å². The molecule has 28 heavy (non-hydrogen) atoms. The lowest BCUT2D eigenvalue weighted by Gasteiger charge is -2.34. The Balaban J connectivity index is 1.44. The minimum atomic E-state index is -0.870. The fraction of sp³-hybridized carbons (Fsp3) is 0.600. The molecule has 1 saturated heterocycles. The number of morpholine rings is 1. The zero-order valence-corrected chi connectivity index (χ0v) is 16.6. The second-order valence-electron chi connectivity index (χ2n) is 7.64. The molecular formula is C20H30N4O4. The van der Waals surface area contributed by atoms with Gasteiger partial charge in [-0.15, -0.1) is 0 Å². The third-order valence-corrected chi connectivity index (χ3v) is 5.32. The molecule has 154 valence electrons. The predicted molar refractivity (Wildman–Crippen MR) is 107 cm³/mol. The first kappa shape index (κ1) is 20.4. The second-order valence-corrected chi connectivity index (χ2v) is 7.64. The number of carboxylic acids is 1. The maximum atomic E-state index is 12.5. The number of aliphatic carboxylic acids is 1. The van der Waals surface area contributed by atoms with Gasteiger partial charge in [-0.25, -0.2) is 4.79 Å². The number of carbonyl (C=O) groups is 2. The van der Waals surface area contributed by atoms with E-state index in [2.05, 4.69) is 41.4 Å². The van der Waals surface area contributed by atoms with Crippen molar-refractivity contribution < 1.29 is 19.4 Å². The Bertz CT molecular complexity index is 699. The first-order valence-corrected chi connectivity index (χ1v) is 9.83. The van der Waals surface area contributed by atoms with Gasteiger partial charge >= 0.3 is 12.0 Å². The highest BCUT2D eigenvalue weighted by molar-refractivity contribution is 5.74. The van der Waals surface area contributed by atoms with Crippen LogP contribution in [0.2, 0.25) is 0 Å². The summed E-state index contributed by atoms with van der Waals surface area (Å²) in [6.07, 6.45) is 0.869. The van der Waals surface area contributed by atoms with Crippen LogP contribution in [0, 0.1) is 0 Å². The van der Waals surface area contributed by atoms with Crippen molar-refractivity contribution >= 4 is 17.7 Å². The Morgan fingerprint density at radius 1 is 1.36 bits per heavy atom. The van der Waals surface area contributed by atoms with Gasteiger partial charge in [-0.1, -0.05) is 18.2 Å². The van der Waals surface area contributed by atoms with Crippen LogP contribution in [0.5, 0.6) is 0 Å². The number of nitrogens with zero attached hydrogens (tertiary/aromatic N) is 3. The van der Waals surface area contributed by atoms with Crippen LogP contribution in [0.1, 0.15) is 12.5 Å². The van der Waals surface area contributed by atoms with Crippen molar-refractivity contribution in [2.24, 2.45) is 0 Å². The Morgan fingerprint density at radius 2 is 2.14 bits per heavy atom. The number of amides is 2. The third-order valence-electron chi connectivity index (χ3n) is 5.32. The quantitative estimate of drug-likeness (QED) is 0.719.